The molecule has 1 aromatic heterocycles. The molecule has 0 atom stereocenters. The first-order chi connectivity index (χ1) is 7.41. The Balaban J connectivity index is 2.70. The average molecular weight is 243 g/mol. The summed E-state index contributed by atoms with van der Waals surface area (Å²) in [6, 6.07) is 1.54. The van der Waals surface area contributed by atoms with Crippen LogP contribution in [0.3, 0.4) is 0 Å². The molecule has 0 radical (unpaired) electrons. The lowest BCUT2D eigenvalue weighted by atomic mass is 10.2. The van der Waals surface area contributed by atoms with Gasteiger partial charge in [0.05, 0.1) is 23.3 Å². The van der Waals surface area contributed by atoms with E-state index in [1.807, 2.05) is 13.8 Å². The minimum atomic E-state index is -3.31. The Labute approximate surface area is 96.1 Å². The first kappa shape index (κ1) is 12.8. The molecular weight excluding hydrogens is 226 g/mol. The smallest absolute Gasteiger partial charge is 0.232 e. The second-order valence-electron chi connectivity index (χ2n) is 4.07. The molecule has 1 aromatic rings. The minimum Gasteiger partial charge on any atom is -0.396 e. The lowest BCUT2D eigenvalue weighted by Gasteiger charge is -2.10. The van der Waals surface area contributed by atoms with E-state index >= 15 is 0 Å². The fourth-order valence-electron chi connectivity index (χ4n) is 1.11. The Morgan fingerprint density at radius 3 is 2.75 bits per heavy atom. The van der Waals surface area contributed by atoms with Crippen molar-refractivity contribution in [1.82, 2.24) is 4.98 Å². The van der Waals surface area contributed by atoms with E-state index in [-0.39, 0.29) is 5.75 Å². The fourth-order valence-corrected chi connectivity index (χ4v) is 2.51. The van der Waals surface area contributed by atoms with Crippen LogP contribution in [0, 0.1) is 5.92 Å². The Morgan fingerprint density at radius 1 is 1.50 bits per heavy atom. The number of hydrogen-bond donors (Lipinski definition) is 2. The molecule has 0 aliphatic heterocycles. The molecule has 0 aliphatic carbocycles. The Bertz CT molecular complexity index is 443. The average Bonchev–Trinajstić information content (AvgIpc) is 2.19. The summed E-state index contributed by atoms with van der Waals surface area (Å²) in [5.74, 6) is 0.457. The quantitative estimate of drug-likeness (QED) is 0.819. The molecule has 0 unspecified atom stereocenters. The molecule has 16 heavy (non-hydrogen) atoms. The van der Waals surface area contributed by atoms with Crippen LogP contribution in [0.25, 0.3) is 0 Å². The SMILES string of the molecule is CC(C)CCS(=O)(=O)Nc1ccncc1N. The van der Waals surface area contributed by atoms with Gasteiger partial charge in [-0.2, -0.15) is 0 Å². The summed E-state index contributed by atoms with van der Waals surface area (Å²) in [4.78, 5) is 3.79. The Kier molecular flexibility index (Phi) is 4.12. The van der Waals surface area contributed by atoms with E-state index in [1.54, 1.807) is 6.07 Å². The third-order valence-corrected chi connectivity index (χ3v) is 3.39. The highest BCUT2D eigenvalue weighted by molar-refractivity contribution is 7.92. The van der Waals surface area contributed by atoms with E-state index < -0.39 is 10.0 Å². The summed E-state index contributed by atoms with van der Waals surface area (Å²) >= 11 is 0. The van der Waals surface area contributed by atoms with Gasteiger partial charge in [0, 0.05) is 6.20 Å². The van der Waals surface area contributed by atoms with Crippen molar-refractivity contribution in [2.24, 2.45) is 5.92 Å². The number of hydrogen-bond acceptors (Lipinski definition) is 4. The van der Waals surface area contributed by atoms with Gasteiger partial charge in [-0.3, -0.25) is 9.71 Å². The summed E-state index contributed by atoms with van der Waals surface area (Å²) < 4.78 is 25.8. The van der Waals surface area contributed by atoms with Crippen molar-refractivity contribution < 1.29 is 8.42 Å². The predicted molar refractivity (Wildman–Crippen MR) is 65.5 cm³/mol. The second kappa shape index (κ2) is 5.16. The zero-order valence-corrected chi connectivity index (χ0v) is 10.3. The molecule has 0 amide bonds. The summed E-state index contributed by atoms with van der Waals surface area (Å²) in [7, 11) is -3.31. The number of anilines is 2. The van der Waals surface area contributed by atoms with Crippen LogP contribution in [0.1, 0.15) is 20.3 Å². The molecule has 0 saturated carbocycles. The predicted octanol–water partition coefficient (Wildman–Crippen LogP) is 1.45. The molecule has 1 rings (SSSR count). The van der Waals surface area contributed by atoms with Crippen molar-refractivity contribution in [3.8, 4) is 0 Å². The summed E-state index contributed by atoms with van der Waals surface area (Å²) in [5, 5.41) is 0. The monoisotopic (exact) mass is 243 g/mol. The lowest BCUT2D eigenvalue weighted by molar-refractivity contribution is 0.578. The molecule has 6 heteroatoms. The van der Waals surface area contributed by atoms with Crippen LogP contribution in [-0.2, 0) is 10.0 Å². The number of sulfonamides is 1. The first-order valence-electron chi connectivity index (χ1n) is 5.10. The van der Waals surface area contributed by atoms with Gasteiger partial charge in [-0.1, -0.05) is 13.8 Å². The maximum atomic E-state index is 11.7. The standard InChI is InChI=1S/C10H17N3O2S/c1-8(2)4-6-16(14,15)13-10-3-5-12-7-9(10)11/h3,5,7-8H,4,6,11H2,1-2H3,(H,12,13). The third-order valence-electron chi connectivity index (χ3n) is 2.08. The lowest BCUT2D eigenvalue weighted by Crippen LogP contribution is -2.18. The molecular formula is C10H17N3O2S. The van der Waals surface area contributed by atoms with Gasteiger partial charge in [-0.25, -0.2) is 8.42 Å². The van der Waals surface area contributed by atoms with Gasteiger partial charge in [-0.15, -0.1) is 0 Å². The largest absolute Gasteiger partial charge is 0.396 e. The number of nitrogens with one attached hydrogen (secondary N) is 1. The maximum absolute atomic E-state index is 11.7. The number of nitrogen functional groups attached to an aromatic ring is 1. The fraction of sp³-hybridized carbons (Fsp3) is 0.500. The van der Waals surface area contributed by atoms with Crippen molar-refractivity contribution in [2.75, 3.05) is 16.2 Å². The van der Waals surface area contributed by atoms with Gasteiger partial charge < -0.3 is 5.73 Å². The normalized spacial score (nSPS) is 11.7. The van der Waals surface area contributed by atoms with Crippen LogP contribution < -0.4 is 10.5 Å². The Hall–Kier alpha value is -1.30. The molecule has 0 saturated heterocycles. The summed E-state index contributed by atoms with van der Waals surface area (Å²) in [6.45, 7) is 3.96. The van der Waals surface area contributed by atoms with Crippen molar-refractivity contribution in [1.29, 1.82) is 0 Å². The molecule has 90 valence electrons. The third kappa shape index (κ3) is 4.06. The van der Waals surface area contributed by atoms with Crippen LogP contribution in [0.15, 0.2) is 18.5 Å². The summed E-state index contributed by atoms with van der Waals surface area (Å²) in [5.41, 5.74) is 6.31. The van der Waals surface area contributed by atoms with Gasteiger partial charge >= 0.3 is 0 Å². The molecule has 0 aromatic carbocycles. The second-order valence-corrected chi connectivity index (χ2v) is 5.91. The zero-order chi connectivity index (χ0) is 12.2. The van der Waals surface area contributed by atoms with Gasteiger partial charge in [0.1, 0.15) is 0 Å². The van der Waals surface area contributed by atoms with Gasteiger partial charge in [0.2, 0.25) is 10.0 Å². The van der Waals surface area contributed by atoms with Crippen LogP contribution in [0.4, 0.5) is 11.4 Å². The topological polar surface area (TPSA) is 85.1 Å². The highest BCUT2D eigenvalue weighted by atomic mass is 32.2. The van der Waals surface area contributed by atoms with Crippen molar-refractivity contribution >= 4 is 21.4 Å². The van der Waals surface area contributed by atoms with Crippen LogP contribution in [0.5, 0.6) is 0 Å². The zero-order valence-electron chi connectivity index (χ0n) is 9.47. The van der Waals surface area contributed by atoms with E-state index in [1.165, 1.54) is 12.4 Å². The van der Waals surface area contributed by atoms with E-state index in [4.69, 9.17) is 5.73 Å². The number of nitrogens with zero attached hydrogens (tertiary/aromatic N) is 1. The highest BCUT2D eigenvalue weighted by Crippen LogP contribution is 2.17. The van der Waals surface area contributed by atoms with E-state index in [0.29, 0.717) is 23.7 Å². The van der Waals surface area contributed by atoms with Crippen LogP contribution in [0.2, 0.25) is 0 Å². The number of rotatable bonds is 5. The number of aromatic nitrogens is 1. The van der Waals surface area contributed by atoms with Gasteiger partial charge in [0.15, 0.2) is 0 Å². The van der Waals surface area contributed by atoms with E-state index in [9.17, 15) is 8.42 Å². The van der Waals surface area contributed by atoms with E-state index in [0.717, 1.165) is 0 Å². The number of pyridine rings is 1. The molecule has 3 N–H and O–H groups in total. The maximum Gasteiger partial charge on any atom is 0.232 e. The van der Waals surface area contributed by atoms with E-state index in [2.05, 4.69) is 9.71 Å². The molecule has 0 spiro atoms. The molecule has 5 nitrogen and oxygen atoms in total. The first-order valence-corrected chi connectivity index (χ1v) is 6.76. The molecule has 0 bridgehead atoms. The molecule has 1 heterocycles. The van der Waals surface area contributed by atoms with Crippen molar-refractivity contribution in [2.45, 2.75) is 20.3 Å². The molecule has 0 aliphatic rings. The minimum absolute atomic E-state index is 0.104. The number of nitrogens with two attached hydrogens (primary N) is 1. The van der Waals surface area contributed by atoms with Gasteiger partial charge in [-0.05, 0) is 18.4 Å². The van der Waals surface area contributed by atoms with Crippen LogP contribution in [-0.4, -0.2) is 19.2 Å². The van der Waals surface area contributed by atoms with Gasteiger partial charge in [0.25, 0.3) is 0 Å². The van der Waals surface area contributed by atoms with Crippen LogP contribution >= 0.6 is 0 Å². The van der Waals surface area contributed by atoms with Crippen molar-refractivity contribution in [3.05, 3.63) is 18.5 Å². The molecule has 0 fully saturated rings. The highest BCUT2D eigenvalue weighted by Gasteiger charge is 2.12. The van der Waals surface area contributed by atoms with Crippen molar-refractivity contribution in [3.63, 3.8) is 0 Å². The summed E-state index contributed by atoms with van der Waals surface area (Å²) in [6.07, 6.45) is 3.54. The Morgan fingerprint density at radius 2 is 2.19 bits per heavy atom.